The van der Waals surface area contributed by atoms with E-state index in [9.17, 15) is 5.21 Å². The first-order chi connectivity index (χ1) is 11.3. The van der Waals surface area contributed by atoms with E-state index < -0.39 is 0 Å². The van der Waals surface area contributed by atoms with Gasteiger partial charge < -0.3 is 15.0 Å². The van der Waals surface area contributed by atoms with Crippen molar-refractivity contribution in [1.29, 1.82) is 0 Å². The van der Waals surface area contributed by atoms with Crippen molar-refractivity contribution in [3.63, 3.8) is 0 Å². The van der Waals surface area contributed by atoms with Crippen LogP contribution < -0.4 is 9.80 Å². The van der Waals surface area contributed by atoms with Gasteiger partial charge in [-0.1, -0.05) is 48.6 Å². The lowest BCUT2D eigenvalue weighted by Crippen LogP contribution is -2.17. The van der Waals surface area contributed by atoms with Crippen LogP contribution in [0.15, 0.2) is 54.6 Å². The van der Waals surface area contributed by atoms with Gasteiger partial charge in [0.2, 0.25) is 0 Å². The molecule has 3 aromatic carbocycles. The van der Waals surface area contributed by atoms with Crippen molar-refractivity contribution < 1.29 is 4.74 Å². The number of rotatable bonds is 0. The van der Waals surface area contributed by atoms with Gasteiger partial charge in [0.1, 0.15) is 0 Å². The smallest absolute Gasteiger partial charge is 0.158 e. The van der Waals surface area contributed by atoms with Gasteiger partial charge in [0, 0.05) is 5.39 Å². The number of benzene rings is 3. The molecule has 1 aliphatic heterocycles. The third-order valence-electron chi connectivity index (χ3n) is 4.63. The summed E-state index contributed by atoms with van der Waals surface area (Å²) in [7, 11) is 0. The molecule has 23 heavy (non-hydrogen) atoms. The third-order valence-corrected chi connectivity index (χ3v) is 4.63. The van der Waals surface area contributed by atoms with Gasteiger partial charge in [-0.05, 0) is 41.5 Å². The Morgan fingerprint density at radius 2 is 1.91 bits per heavy atom. The molecule has 0 bridgehead atoms. The van der Waals surface area contributed by atoms with Gasteiger partial charge in [-0.2, -0.15) is 0 Å². The summed E-state index contributed by atoms with van der Waals surface area (Å²) < 4.78 is 6.16. The average molecular weight is 300 g/mol. The van der Waals surface area contributed by atoms with E-state index >= 15 is 0 Å². The Labute approximate surface area is 134 Å². The SMILES string of the molecule is [O-]N1c2ccc3ccccc3c2Oc2ccc3c(c21)CCC=C3. The van der Waals surface area contributed by atoms with Gasteiger partial charge in [0.05, 0.1) is 11.4 Å². The number of hydrogen-bond acceptors (Lipinski definition) is 3. The Hall–Kier alpha value is -2.78. The summed E-state index contributed by atoms with van der Waals surface area (Å²) in [5, 5.41) is 16.1. The highest BCUT2D eigenvalue weighted by molar-refractivity contribution is 5.97. The fourth-order valence-electron chi connectivity index (χ4n) is 3.52. The first-order valence-electron chi connectivity index (χ1n) is 7.82. The number of fused-ring (bicyclic) bond motifs is 6. The molecular weight excluding hydrogens is 286 g/mol. The first kappa shape index (κ1) is 12.7. The lowest BCUT2D eigenvalue weighted by Gasteiger charge is -2.40. The zero-order valence-electron chi connectivity index (χ0n) is 12.5. The Morgan fingerprint density at radius 1 is 1.00 bits per heavy atom. The Bertz CT molecular complexity index is 975. The summed E-state index contributed by atoms with van der Waals surface area (Å²) in [6, 6.07) is 15.7. The molecule has 0 saturated carbocycles. The van der Waals surface area contributed by atoms with Crippen molar-refractivity contribution in [2.45, 2.75) is 12.8 Å². The number of allylic oxidation sites excluding steroid dienone is 1. The fraction of sp³-hybridized carbons (Fsp3) is 0.100. The molecule has 5 rings (SSSR count). The zero-order chi connectivity index (χ0) is 15.4. The van der Waals surface area contributed by atoms with E-state index in [0.717, 1.165) is 39.8 Å². The molecule has 0 saturated heterocycles. The molecule has 112 valence electrons. The summed E-state index contributed by atoms with van der Waals surface area (Å²) in [5.41, 5.74) is 3.44. The molecule has 0 aromatic heterocycles. The number of nitrogens with zero attached hydrogens (tertiary/aromatic N) is 1. The zero-order valence-corrected chi connectivity index (χ0v) is 12.5. The highest BCUT2D eigenvalue weighted by Crippen LogP contribution is 2.51. The Kier molecular flexibility index (Phi) is 2.55. The van der Waals surface area contributed by atoms with E-state index in [2.05, 4.69) is 12.2 Å². The van der Waals surface area contributed by atoms with Gasteiger partial charge in [0.25, 0.3) is 0 Å². The van der Waals surface area contributed by atoms with Crippen molar-refractivity contribution in [3.8, 4) is 11.5 Å². The summed E-state index contributed by atoms with van der Waals surface area (Å²) in [5.74, 6) is 1.30. The highest BCUT2D eigenvalue weighted by Gasteiger charge is 2.25. The van der Waals surface area contributed by atoms with Gasteiger partial charge in [-0.3, -0.25) is 0 Å². The van der Waals surface area contributed by atoms with Crippen LogP contribution >= 0.6 is 0 Å². The number of anilines is 2. The second-order valence-corrected chi connectivity index (χ2v) is 5.95. The molecule has 0 radical (unpaired) electrons. The van der Waals surface area contributed by atoms with Gasteiger partial charge in [-0.25, -0.2) is 0 Å². The molecule has 0 amide bonds. The van der Waals surface area contributed by atoms with Gasteiger partial charge in [-0.15, -0.1) is 0 Å². The Balaban J connectivity index is 1.77. The number of hydrogen-bond donors (Lipinski definition) is 0. The molecule has 0 atom stereocenters. The van der Waals surface area contributed by atoms with Crippen LogP contribution in [0.4, 0.5) is 11.4 Å². The minimum absolute atomic E-state index is 0.583. The van der Waals surface area contributed by atoms with Crippen LogP contribution in [0, 0.1) is 5.21 Å². The van der Waals surface area contributed by atoms with E-state index in [1.807, 2.05) is 48.5 Å². The molecular formula is C20H14NO2-. The van der Waals surface area contributed by atoms with Gasteiger partial charge >= 0.3 is 0 Å². The second-order valence-electron chi connectivity index (χ2n) is 5.95. The van der Waals surface area contributed by atoms with E-state index in [-0.39, 0.29) is 0 Å². The molecule has 3 heteroatoms. The summed E-state index contributed by atoms with van der Waals surface area (Å²) in [4.78, 5) is 0. The third kappa shape index (κ3) is 1.74. The maximum atomic E-state index is 13.0. The maximum Gasteiger partial charge on any atom is 0.158 e. The van der Waals surface area contributed by atoms with E-state index in [1.165, 1.54) is 0 Å². The molecule has 2 aliphatic rings. The molecule has 1 aliphatic carbocycles. The highest BCUT2D eigenvalue weighted by atomic mass is 16.5. The maximum absolute atomic E-state index is 13.0. The monoisotopic (exact) mass is 300 g/mol. The summed E-state index contributed by atoms with van der Waals surface area (Å²) >= 11 is 0. The first-order valence-corrected chi connectivity index (χ1v) is 7.82. The minimum atomic E-state index is 0.583. The van der Waals surface area contributed by atoms with Crippen LogP contribution in [0.5, 0.6) is 11.5 Å². The lowest BCUT2D eigenvalue weighted by atomic mass is 9.94. The molecule has 0 unspecified atom stereocenters. The molecule has 1 heterocycles. The standard InChI is InChI=1S/C20H14NO2/c22-21-17-11-9-14-6-2-4-8-16(14)20(17)23-18-12-10-13-5-1-3-7-15(13)19(18)21/h1-2,4-6,8-12H,3,7H2/q-1. The predicted molar refractivity (Wildman–Crippen MR) is 93.3 cm³/mol. The largest absolute Gasteiger partial charge is 0.754 e. The van der Waals surface area contributed by atoms with Crippen LogP contribution in [-0.2, 0) is 6.42 Å². The van der Waals surface area contributed by atoms with Crippen molar-refractivity contribution in [1.82, 2.24) is 0 Å². The van der Waals surface area contributed by atoms with Crippen LogP contribution in [-0.4, -0.2) is 0 Å². The van der Waals surface area contributed by atoms with Crippen LogP contribution in [0.1, 0.15) is 17.5 Å². The Morgan fingerprint density at radius 3 is 2.87 bits per heavy atom. The van der Waals surface area contributed by atoms with Crippen LogP contribution in [0.25, 0.3) is 16.8 Å². The fourth-order valence-corrected chi connectivity index (χ4v) is 3.52. The number of ether oxygens (including phenoxy) is 1. The van der Waals surface area contributed by atoms with Crippen molar-refractivity contribution in [2.24, 2.45) is 0 Å². The molecule has 0 fully saturated rings. The van der Waals surface area contributed by atoms with E-state index in [0.29, 0.717) is 22.9 Å². The molecule has 3 aromatic rings. The van der Waals surface area contributed by atoms with E-state index in [1.54, 1.807) is 0 Å². The van der Waals surface area contributed by atoms with Gasteiger partial charge in [0.15, 0.2) is 11.5 Å². The second kappa shape index (κ2) is 4.61. The quantitative estimate of drug-likeness (QED) is 0.546. The lowest BCUT2D eigenvalue weighted by molar-refractivity contribution is 0.481. The molecule has 0 N–H and O–H groups in total. The van der Waals surface area contributed by atoms with E-state index in [4.69, 9.17) is 4.74 Å². The molecule has 3 nitrogen and oxygen atoms in total. The van der Waals surface area contributed by atoms with Crippen LogP contribution in [0.3, 0.4) is 0 Å². The van der Waals surface area contributed by atoms with Crippen molar-refractivity contribution >= 4 is 28.2 Å². The summed E-state index contributed by atoms with van der Waals surface area (Å²) in [6.07, 6.45) is 6.07. The summed E-state index contributed by atoms with van der Waals surface area (Å²) in [6.45, 7) is 0. The van der Waals surface area contributed by atoms with Crippen LogP contribution in [0.2, 0.25) is 0 Å². The minimum Gasteiger partial charge on any atom is -0.754 e. The average Bonchev–Trinajstić information content (AvgIpc) is 2.61. The van der Waals surface area contributed by atoms with Crippen molar-refractivity contribution in [2.75, 3.05) is 5.06 Å². The predicted octanol–water partition coefficient (Wildman–Crippen LogP) is 5.54. The topological polar surface area (TPSA) is 35.5 Å². The molecule has 0 spiro atoms. The normalized spacial score (nSPS) is 14.9. The van der Waals surface area contributed by atoms with Crippen molar-refractivity contribution in [3.05, 3.63) is 70.9 Å².